The number of nitrogens with zero attached hydrogens (tertiary/aromatic N) is 4. The van der Waals surface area contributed by atoms with Gasteiger partial charge in [-0.05, 0) is 37.1 Å². The third-order valence-corrected chi connectivity index (χ3v) is 3.44. The summed E-state index contributed by atoms with van der Waals surface area (Å²) in [5, 5.41) is 7.05. The first-order chi connectivity index (χ1) is 11.5. The van der Waals surface area contributed by atoms with Crippen molar-refractivity contribution in [3.05, 3.63) is 41.0 Å². The van der Waals surface area contributed by atoms with Gasteiger partial charge in [-0.25, -0.2) is 0 Å². The third kappa shape index (κ3) is 5.26. The molecule has 130 valence electrons. The second kappa shape index (κ2) is 8.33. The number of likely N-dealkylation sites (N-methyl/N-ethyl adjacent to an activating group) is 1. The smallest absolute Gasteiger partial charge is 0.223 e. The van der Waals surface area contributed by atoms with E-state index in [0.29, 0.717) is 31.4 Å². The molecule has 0 amide bonds. The molecule has 0 saturated heterocycles. The van der Waals surface area contributed by atoms with Gasteiger partial charge in [0.1, 0.15) is 12.4 Å². The summed E-state index contributed by atoms with van der Waals surface area (Å²) >= 11 is 0. The molecule has 0 aliphatic rings. The van der Waals surface area contributed by atoms with E-state index in [1.54, 1.807) is 14.0 Å². The van der Waals surface area contributed by atoms with Crippen LogP contribution in [0.2, 0.25) is 0 Å². The molecule has 24 heavy (non-hydrogen) atoms. The molecule has 0 aliphatic carbocycles. The first-order valence-electron chi connectivity index (χ1n) is 7.90. The minimum atomic E-state index is 0.465. The Morgan fingerprint density at radius 3 is 2.54 bits per heavy atom. The first kappa shape index (κ1) is 17.8. The molecular weight excluding hydrogens is 306 g/mol. The van der Waals surface area contributed by atoms with E-state index >= 15 is 0 Å². The van der Waals surface area contributed by atoms with Crippen LogP contribution in [0.15, 0.2) is 27.7 Å². The topological polar surface area (TPSA) is 75.8 Å². The Morgan fingerprint density at radius 2 is 1.96 bits per heavy atom. The number of hydrogen-bond acceptors (Lipinski definition) is 5. The molecule has 1 aromatic heterocycles. The van der Waals surface area contributed by atoms with Crippen LogP contribution in [0.25, 0.3) is 0 Å². The highest BCUT2D eigenvalue weighted by atomic mass is 16.5. The van der Waals surface area contributed by atoms with Gasteiger partial charge in [-0.3, -0.25) is 4.99 Å². The lowest BCUT2D eigenvalue weighted by molar-refractivity contribution is 0.281. The van der Waals surface area contributed by atoms with Crippen LogP contribution in [0, 0.1) is 20.8 Å². The predicted octanol–water partition coefficient (Wildman–Crippen LogP) is 2.08. The van der Waals surface area contributed by atoms with Crippen LogP contribution >= 0.6 is 0 Å². The van der Waals surface area contributed by atoms with Crippen LogP contribution in [0.4, 0.5) is 0 Å². The lowest BCUT2D eigenvalue weighted by Crippen LogP contribution is -2.40. The zero-order chi connectivity index (χ0) is 17.5. The molecular formula is C17H25N5O2. The fourth-order valence-corrected chi connectivity index (χ4v) is 2.38. The monoisotopic (exact) mass is 331 g/mol. The highest BCUT2D eigenvalue weighted by Gasteiger charge is 2.08. The van der Waals surface area contributed by atoms with E-state index in [4.69, 9.17) is 9.26 Å². The van der Waals surface area contributed by atoms with Gasteiger partial charge >= 0.3 is 0 Å². The van der Waals surface area contributed by atoms with E-state index in [9.17, 15) is 0 Å². The summed E-state index contributed by atoms with van der Waals surface area (Å²) < 4.78 is 10.8. The second-order valence-electron chi connectivity index (χ2n) is 5.72. The molecule has 1 heterocycles. The van der Waals surface area contributed by atoms with Crippen LogP contribution < -0.4 is 10.1 Å². The second-order valence-corrected chi connectivity index (χ2v) is 5.72. The molecule has 7 nitrogen and oxygen atoms in total. The van der Waals surface area contributed by atoms with Gasteiger partial charge in [-0.15, -0.1) is 0 Å². The Hall–Kier alpha value is -2.57. The van der Waals surface area contributed by atoms with Crippen LogP contribution in [-0.2, 0) is 6.54 Å². The Labute approximate surface area is 142 Å². The average Bonchev–Trinajstić information content (AvgIpc) is 2.92. The molecule has 0 spiro atoms. The maximum absolute atomic E-state index is 5.83. The molecule has 0 fully saturated rings. The lowest BCUT2D eigenvalue weighted by atomic mass is 10.1. The molecule has 7 heteroatoms. The Bertz CT molecular complexity index is 676. The van der Waals surface area contributed by atoms with Crippen LogP contribution in [0.3, 0.4) is 0 Å². The van der Waals surface area contributed by atoms with E-state index < -0.39 is 0 Å². The number of hydrogen-bond donors (Lipinski definition) is 1. The zero-order valence-electron chi connectivity index (χ0n) is 15.0. The minimum Gasteiger partial charge on any atom is -0.492 e. The van der Waals surface area contributed by atoms with Gasteiger partial charge in [0.05, 0.1) is 13.1 Å². The van der Waals surface area contributed by atoms with E-state index in [-0.39, 0.29) is 0 Å². The third-order valence-electron chi connectivity index (χ3n) is 3.44. The Balaban J connectivity index is 1.80. The van der Waals surface area contributed by atoms with Crippen molar-refractivity contribution in [2.24, 2.45) is 4.99 Å². The summed E-state index contributed by atoms with van der Waals surface area (Å²) in [4.78, 5) is 10.4. The predicted molar refractivity (Wildman–Crippen MR) is 93.3 cm³/mol. The molecule has 0 aliphatic heterocycles. The molecule has 0 radical (unpaired) electrons. The highest BCUT2D eigenvalue weighted by molar-refractivity contribution is 5.79. The molecule has 0 atom stereocenters. The van der Waals surface area contributed by atoms with Gasteiger partial charge in [0.15, 0.2) is 11.8 Å². The molecule has 1 aromatic carbocycles. The standard InChI is InChI=1S/C17H25N5O2/c1-12-8-13(2)10-15(9-12)23-7-6-22(5)17(18-4)19-11-16-20-14(3)24-21-16/h8-10H,6-7,11H2,1-5H3,(H,18,19). The number of benzene rings is 1. The normalized spacial score (nSPS) is 11.5. The fourth-order valence-electron chi connectivity index (χ4n) is 2.38. The van der Waals surface area contributed by atoms with E-state index in [1.165, 1.54) is 11.1 Å². The van der Waals surface area contributed by atoms with Crippen molar-refractivity contribution in [2.75, 3.05) is 27.2 Å². The van der Waals surface area contributed by atoms with E-state index in [2.05, 4.69) is 40.4 Å². The molecule has 0 unspecified atom stereocenters. The van der Waals surface area contributed by atoms with Gasteiger partial charge in [-0.1, -0.05) is 11.2 Å². The van der Waals surface area contributed by atoms with Crippen molar-refractivity contribution >= 4 is 5.96 Å². The summed E-state index contributed by atoms with van der Waals surface area (Å²) in [5.74, 6) is 2.80. The van der Waals surface area contributed by atoms with Crippen LogP contribution in [0.1, 0.15) is 22.8 Å². The van der Waals surface area contributed by atoms with E-state index in [0.717, 1.165) is 11.7 Å². The van der Waals surface area contributed by atoms with Crippen molar-refractivity contribution in [2.45, 2.75) is 27.3 Å². The molecule has 0 saturated carbocycles. The largest absolute Gasteiger partial charge is 0.492 e. The molecule has 1 N–H and O–H groups in total. The number of guanidine groups is 1. The average molecular weight is 331 g/mol. The molecule has 2 rings (SSSR count). The van der Waals surface area contributed by atoms with Crippen molar-refractivity contribution in [3.63, 3.8) is 0 Å². The van der Waals surface area contributed by atoms with Gasteiger partial charge < -0.3 is 19.5 Å². The lowest BCUT2D eigenvalue weighted by Gasteiger charge is -2.21. The summed E-state index contributed by atoms with van der Waals surface area (Å²) in [6.07, 6.45) is 0. The summed E-state index contributed by atoms with van der Waals surface area (Å²) in [5.41, 5.74) is 2.40. The van der Waals surface area contributed by atoms with Gasteiger partial charge in [0, 0.05) is 21.0 Å². The van der Waals surface area contributed by atoms with Crippen LogP contribution in [-0.4, -0.2) is 48.2 Å². The number of rotatable bonds is 6. The van der Waals surface area contributed by atoms with Crippen molar-refractivity contribution in [1.29, 1.82) is 0 Å². The quantitative estimate of drug-likeness (QED) is 0.645. The van der Waals surface area contributed by atoms with Gasteiger partial charge in [0.25, 0.3) is 0 Å². The van der Waals surface area contributed by atoms with Crippen molar-refractivity contribution in [3.8, 4) is 5.75 Å². The Morgan fingerprint density at radius 1 is 1.25 bits per heavy atom. The molecule has 2 aromatic rings. The van der Waals surface area contributed by atoms with Crippen molar-refractivity contribution in [1.82, 2.24) is 20.4 Å². The number of aliphatic imine (C=N–C) groups is 1. The number of ether oxygens (including phenoxy) is 1. The number of nitrogens with one attached hydrogen (secondary N) is 1. The maximum Gasteiger partial charge on any atom is 0.223 e. The summed E-state index contributed by atoms with van der Waals surface area (Å²) in [7, 11) is 3.70. The zero-order valence-corrected chi connectivity index (χ0v) is 15.0. The van der Waals surface area contributed by atoms with E-state index in [1.807, 2.05) is 24.1 Å². The maximum atomic E-state index is 5.83. The molecule has 0 bridgehead atoms. The minimum absolute atomic E-state index is 0.465. The Kier molecular flexibility index (Phi) is 6.17. The summed E-state index contributed by atoms with van der Waals surface area (Å²) in [6, 6.07) is 6.21. The van der Waals surface area contributed by atoms with Crippen molar-refractivity contribution < 1.29 is 9.26 Å². The first-order valence-corrected chi connectivity index (χ1v) is 7.90. The highest BCUT2D eigenvalue weighted by Crippen LogP contribution is 2.15. The number of aromatic nitrogens is 2. The van der Waals surface area contributed by atoms with Gasteiger partial charge in [-0.2, -0.15) is 4.98 Å². The fraction of sp³-hybridized carbons (Fsp3) is 0.471. The SMILES string of the molecule is CN=C(NCc1noc(C)n1)N(C)CCOc1cc(C)cc(C)c1. The number of aryl methyl sites for hydroxylation is 3. The van der Waals surface area contributed by atoms with Crippen LogP contribution in [0.5, 0.6) is 5.75 Å². The van der Waals surface area contributed by atoms with Gasteiger partial charge in [0.2, 0.25) is 5.89 Å². The summed E-state index contributed by atoms with van der Waals surface area (Å²) in [6.45, 7) is 7.64.